The Morgan fingerprint density at radius 3 is 2.35 bits per heavy atom. The van der Waals surface area contributed by atoms with Crippen molar-refractivity contribution in [2.75, 3.05) is 0 Å². The van der Waals surface area contributed by atoms with Crippen molar-refractivity contribution in [1.29, 1.82) is 0 Å². The van der Waals surface area contributed by atoms with E-state index in [1.165, 1.54) is 18.2 Å². The Morgan fingerprint density at radius 2 is 1.88 bits per heavy atom. The predicted octanol–water partition coefficient (Wildman–Crippen LogP) is 2.78. The zero-order chi connectivity index (χ0) is 12.8. The third kappa shape index (κ3) is 4.06. The number of hydrogen-bond acceptors (Lipinski definition) is 2. The zero-order valence-corrected chi connectivity index (χ0v) is 10.3. The molecule has 4 heteroatoms. The number of rotatable bonds is 6. The first-order valence-electron chi connectivity index (χ1n) is 5.97. The fraction of sp³-hybridized carbons (Fsp3) is 0.538. The van der Waals surface area contributed by atoms with Gasteiger partial charge in [0.2, 0.25) is 0 Å². The molecule has 0 saturated carbocycles. The summed E-state index contributed by atoms with van der Waals surface area (Å²) in [6.07, 6.45) is 2.11. The Bertz CT molecular complexity index is 335. The van der Waals surface area contributed by atoms with Gasteiger partial charge in [-0.3, -0.25) is 11.3 Å². The van der Waals surface area contributed by atoms with Gasteiger partial charge >= 0.3 is 0 Å². The van der Waals surface area contributed by atoms with E-state index in [0.717, 1.165) is 12.8 Å². The van der Waals surface area contributed by atoms with E-state index in [0.29, 0.717) is 5.92 Å². The topological polar surface area (TPSA) is 38.0 Å². The Labute approximate surface area is 101 Å². The number of halogens is 2. The number of benzene rings is 1. The van der Waals surface area contributed by atoms with Gasteiger partial charge in [-0.25, -0.2) is 8.78 Å². The highest BCUT2D eigenvalue weighted by Crippen LogP contribution is 2.18. The van der Waals surface area contributed by atoms with Crippen molar-refractivity contribution in [2.24, 2.45) is 11.8 Å². The summed E-state index contributed by atoms with van der Waals surface area (Å²) in [5.74, 6) is 4.90. The summed E-state index contributed by atoms with van der Waals surface area (Å²) < 4.78 is 26.9. The highest BCUT2D eigenvalue weighted by Gasteiger charge is 2.16. The van der Waals surface area contributed by atoms with Crippen LogP contribution in [0.4, 0.5) is 8.78 Å². The summed E-state index contributed by atoms with van der Waals surface area (Å²) in [4.78, 5) is 0. The van der Waals surface area contributed by atoms with Crippen LogP contribution in [0.2, 0.25) is 0 Å². The molecule has 2 unspecified atom stereocenters. The average Bonchev–Trinajstić information content (AvgIpc) is 2.32. The minimum atomic E-state index is -0.505. The molecule has 17 heavy (non-hydrogen) atoms. The van der Waals surface area contributed by atoms with Gasteiger partial charge in [-0.15, -0.1) is 0 Å². The molecule has 1 rings (SSSR count). The molecule has 0 aliphatic heterocycles. The average molecular weight is 242 g/mol. The molecule has 2 atom stereocenters. The summed E-state index contributed by atoms with van der Waals surface area (Å²) in [5, 5.41) is 0. The molecule has 0 spiro atoms. The molecule has 0 fully saturated rings. The molecule has 96 valence electrons. The van der Waals surface area contributed by atoms with Crippen LogP contribution >= 0.6 is 0 Å². The van der Waals surface area contributed by atoms with Crippen LogP contribution in [0.1, 0.15) is 32.3 Å². The lowest BCUT2D eigenvalue weighted by atomic mass is 9.94. The molecule has 0 heterocycles. The van der Waals surface area contributed by atoms with Gasteiger partial charge in [0.25, 0.3) is 0 Å². The van der Waals surface area contributed by atoms with Crippen LogP contribution in [0.3, 0.4) is 0 Å². The van der Waals surface area contributed by atoms with E-state index in [1.54, 1.807) is 0 Å². The quantitative estimate of drug-likeness (QED) is 0.594. The van der Waals surface area contributed by atoms with Gasteiger partial charge in [0.15, 0.2) is 0 Å². The summed E-state index contributed by atoms with van der Waals surface area (Å²) in [6, 6.07) is 3.81. The maximum absolute atomic E-state index is 13.5. The van der Waals surface area contributed by atoms with Gasteiger partial charge < -0.3 is 0 Å². The van der Waals surface area contributed by atoms with Crippen LogP contribution in [0.25, 0.3) is 0 Å². The van der Waals surface area contributed by atoms with E-state index in [-0.39, 0.29) is 18.0 Å². The molecule has 0 radical (unpaired) electrons. The van der Waals surface area contributed by atoms with Gasteiger partial charge in [-0.2, -0.15) is 0 Å². The lowest BCUT2D eigenvalue weighted by Crippen LogP contribution is -2.38. The van der Waals surface area contributed by atoms with E-state index < -0.39 is 11.6 Å². The summed E-state index contributed by atoms with van der Waals surface area (Å²) in [6.45, 7) is 4.18. The zero-order valence-electron chi connectivity index (χ0n) is 10.3. The van der Waals surface area contributed by atoms with E-state index in [2.05, 4.69) is 19.3 Å². The highest BCUT2D eigenvalue weighted by atomic mass is 19.1. The first kappa shape index (κ1) is 14.1. The Hall–Kier alpha value is -1.00. The minimum Gasteiger partial charge on any atom is -0.271 e. The lowest BCUT2D eigenvalue weighted by molar-refractivity contribution is 0.388. The van der Waals surface area contributed by atoms with Crippen molar-refractivity contribution in [3.8, 4) is 0 Å². The van der Waals surface area contributed by atoms with Crippen LogP contribution in [0.5, 0.6) is 0 Å². The van der Waals surface area contributed by atoms with Crippen LogP contribution in [0, 0.1) is 17.6 Å². The maximum Gasteiger partial charge on any atom is 0.129 e. The number of hydrogen-bond donors (Lipinski definition) is 2. The molecule has 0 aliphatic rings. The molecule has 0 aliphatic carbocycles. The van der Waals surface area contributed by atoms with Crippen LogP contribution in [-0.4, -0.2) is 6.04 Å². The minimum absolute atomic E-state index is 0.101. The maximum atomic E-state index is 13.5. The normalized spacial score (nSPS) is 14.6. The molecule has 3 N–H and O–H groups in total. The van der Waals surface area contributed by atoms with Crippen molar-refractivity contribution in [2.45, 2.75) is 39.2 Å². The number of hydrazine groups is 1. The second-order valence-corrected chi connectivity index (χ2v) is 4.52. The first-order chi connectivity index (χ1) is 8.08. The Balaban J connectivity index is 2.73. The largest absolute Gasteiger partial charge is 0.271 e. The van der Waals surface area contributed by atoms with E-state index in [1.807, 2.05) is 0 Å². The lowest BCUT2D eigenvalue weighted by Gasteiger charge is -2.20. The van der Waals surface area contributed by atoms with Gasteiger partial charge in [-0.1, -0.05) is 26.3 Å². The van der Waals surface area contributed by atoms with Gasteiger partial charge in [0.05, 0.1) is 0 Å². The molecule has 0 aromatic heterocycles. The van der Waals surface area contributed by atoms with Crippen molar-refractivity contribution in [3.63, 3.8) is 0 Å². The van der Waals surface area contributed by atoms with Crippen LogP contribution in [0.15, 0.2) is 18.2 Å². The molecule has 0 bridgehead atoms. The monoisotopic (exact) mass is 242 g/mol. The smallest absolute Gasteiger partial charge is 0.129 e. The van der Waals surface area contributed by atoms with E-state index in [9.17, 15) is 8.78 Å². The highest BCUT2D eigenvalue weighted by molar-refractivity contribution is 5.20. The summed E-state index contributed by atoms with van der Waals surface area (Å²) in [7, 11) is 0. The predicted molar refractivity (Wildman–Crippen MR) is 65.2 cm³/mol. The third-order valence-corrected chi connectivity index (χ3v) is 3.13. The fourth-order valence-corrected chi connectivity index (χ4v) is 1.84. The van der Waals surface area contributed by atoms with Gasteiger partial charge in [0.1, 0.15) is 11.6 Å². The summed E-state index contributed by atoms with van der Waals surface area (Å²) >= 11 is 0. The molecule has 0 saturated heterocycles. The summed E-state index contributed by atoms with van der Waals surface area (Å²) in [5.41, 5.74) is 2.75. The first-order valence-corrected chi connectivity index (χ1v) is 5.97. The third-order valence-electron chi connectivity index (χ3n) is 3.13. The van der Waals surface area contributed by atoms with Crippen LogP contribution < -0.4 is 11.3 Å². The van der Waals surface area contributed by atoms with Gasteiger partial charge in [0, 0.05) is 11.6 Å². The van der Waals surface area contributed by atoms with Crippen molar-refractivity contribution < 1.29 is 8.78 Å². The number of nitrogens with two attached hydrogens (primary N) is 1. The molecular weight excluding hydrogens is 222 g/mol. The number of nitrogens with one attached hydrogen (secondary N) is 1. The fourth-order valence-electron chi connectivity index (χ4n) is 1.84. The van der Waals surface area contributed by atoms with Crippen molar-refractivity contribution in [1.82, 2.24) is 5.43 Å². The second-order valence-electron chi connectivity index (χ2n) is 4.52. The molecule has 1 aromatic rings. The van der Waals surface area contributed by atoms with Crippen molar-refractivity contribution >= 4 is 0 Å². The standard InChI is InChI=1S/C13H20F2N2/c1-3-9(2)7-10(17-16)8-11-12(14)5-4-6-13(11)15/h4-6,9-10,17H,3,7-8,16H2,1-2H3. The Morgan fingerprint density at radius 1 is 1.29 bits per heavy atom. The van der Waals surface area contributed by atoms with E-state index in [4.69, 9.17) is 5.84 Å². The van der Waals surface area contributed by atoms with Gasteiger partial charge in [-0.05, 0) is 30.9 Å². The molecule has 1 aromatic carbocycles. The van der Waals surface area contributed by atoms with Crippen molar-refractivity contribution in [3.05, 3.63) is 35.4 Å². The van der Waals surface area contributed by atoms with E-state index >= 15 is 0 Å². The SMILES string of the molecule is CCC(C)CC(Cc1c(F)cccc1F)NN. The van der Waals surface area contributed by atoms with Crippen LogP contribution in [-0.2, 0) is 6.42 Å². The molecule has 2 nitrogen and oxygen atoms in total. The second kappa shape index (κ2) is 6.67. The molecular formula is C13H20F2N2. The molecule has 0 amide bonds. The Kier molecular flexibility index (Phi) is 5.51.